The van der Waals surface area contributed by atoms with E-state index in [2.05, 4.69) is 42.6 Å². The van der Waals surface area contributed by atoms with Crippen molar-refractivity contribution in [2.45, 2.75) is 46.3 Å². The average molecular weight is 539 g/mol. The highest BCUT2D eigenvalue weighted by Gasteiger charge is 2.11. The largest absolute Gasteiger partial charge is 0.489 e. The summed E-state index contributed by atoms with van der Waals surface area (Å²) in [6.07, 6.45) is 2.53. The van der Waals surface area contributed by atoms with Gasteiger partial charge in [0, 0.05) is 31.7 Å². The molecule has 4 aromatic carbocycles. The van der Waals surface area contributed by atoms with Crippen LogP contribution in [0.3, 0.4) is 0 Å². The van der Waals surface area contributed by atoms with E-state index in [9.17, 15) is 14.9 Å². The summed E-state index contributed by atoms with van der Waals surface area (Å²) < 4.78 is 12.4. The van der Waals surface area contributed by atoms with E-state index in [-0.39, 0.29) is 18.2 Å². The van der Waals surface area contributed by atoms with E-state index in [1.807, 2.05) is 36.4 Å². The van der Waals surface area contributed by atoms with Gasteiger partial charge in [-0.2, -0.15) is 0 Å². The van der Waals surface area contributed by atoms with E-state index >= 15 is 0 Å². The number of unbranched alkanes of at least 4 members (excludes halogenated alkanes) is 1. The number of nitro groups is 1. The Morgan fingerprint density at radius 2 is 1.62 bits per heavy atom. The average Bonchev–Trinajstić information content (AvgIpc) is 2.96. The van der Waals surface area contributed by atoms with Gasteiger partial charge in [-0.1, -0.05) is 54.6 Å². The Hall–Kier alpha value is -4.65. The molecule has 0 heterocycles. The van der Waals surface area contributed by atoms with E-state index in [0.717, 1.165) is 36.0 Å². The molecule has 0 saturated carbocycles. The van der Waals surface area contributed by atoms with Crippen molar-refractivity contribution in [1.29, 1.82) is 0 Å². The van der Waals surface area contributed by atoms with Crippen LogP contribution in [0.1, 0.15) is 42.0 Å². The molecule has 0 spiro atoms. The van der Waals surface area contributed by atoms with Gasteiger partial charge < -0.3 is 14.8 Å². The Kier molecular flexibility index (Phi) is 9.88. The summed E-state index contributed by atoms with van der Waals surface area (Å²) in [6, 6.07) is 28.8. The van der Waals surface area contributed by atoms with E-state index in [1.165, 1.54) is 35.7 Å². The predicted molar refractivity (Wildman–Crippen MR) is 156 cm³/mol. The second-order valence-electron chi connectivity index (χ2n) is 9.67. The molecule has 0 aromatic heterocycles. The number of nitrogens with one attached hydrogen (secondary N) is 1. The van der Waals surface area contributed by atoms with Crippen LogP contribution in [0.5, 0.6) is 11.5 Å². The van der Waals surface area contributed by atoms with E-state index < -0.39 is 4.92 Å². The van der Waals surface area contributed by atoms with E-state index in [0.29, 0.717) is 24.7 Å². The van der Waals surface area contributed by atoms with Crippen molar-refractivity contribution in [1.82, 2.24) is 5.32 Å². The summed E-state index contributed by atoms with van der Waals surface area (Å²) in [4.78, 5) is 21.7. The zero-order valence-electron chi connectivity index (χ0n) is 22.9. The molecule has 4 aromatic rings. The molecule has 1 N–H and O–H groups in total. The molecule has 7 heteroatoms. The number of amides is 1. The van der Waals surface area contributed by atoms with Crippen LogP contribution in [0.15, 0.2) is 91.0 Å². The van der Waals surface area contributed by atoms with Crippen LogP contribution in [0.2, 0.25) is 0 Å². The second kappa shape index (κ2) is 13.9. The maximum absolute atomic E-state index is 11.1. The zero-order valence-corrected chi connectivity index (χ0v) is 22.9. The molecule has 7 nitrogen and oxygen atoms in total. The number of non-ortho nitro benzene ring substituents is 1. The van der Waals surface area contributed by atoms with Crippen molar-refractivity contribution in [2.75, 3.05) is 6.54 Å². The molecule has 0 radical (unpaired) electrons. The number of nitro benzene ring substituents is 1. The van der Waals surface area contributed by atoms with Crippen molar-refractivity contribution >= 4 is 11.6 Å². The summed E-state index contributed by atoms with van der Waals surface area (Å²) >= 11 is 0. The van der Waals surface area contributed by atoms with Crippen LogP contribution in [0.25, 0.3) is 11.1 Å². The van der Waals surface area contributed by atoms with Gasteiger partial charge in [-0.15, -0.1) is 0 Å². The molecule has 0 aliphatic carbocycles. The Labute approximate surface area is 234 Å². The van der Waals surface area contributed by atoms with Gasteiger partial charge in [0.05, 0.1) is 4.92 Å². The number of hydrogen-bond donors (Lipinski definition) is 1. The lowest BCUT2D eigenvalue weighted by Crippen LogP contribution is -2.20. The first-order chi connectivity index (χ1) is 19.4. The third-order valence-corrected chi connectivity index (χ3v) is 6.75. The van der Waals surface area contributed by atoms with E-state index in [4.69, 9.17) is 9.47 Å². The quantitative estimate of drug-likeness (QED) is 0.111. The number of aryl methyl sites for hydroxylation is 1. The second-order valence-corrected chi connectivity index (χ2v) is 9.67. The molecule has 0 bridgehead atoms. The van der Waals surface area contributed by atoms with Gasteiger partial charge in [-0.3, -0.25) is 14.9 Å². The lowest BCUT2D eigenvalue weighted by Gasteiger charge is -2.16. The lowest BCUT2D eigenvalue weighted by molar-refractivity contribution is -0.384. The summed E-state index contributed by atoms with van der Waals surface area (Å²) in [5.41, 5.74) is 6.57. The maximum Gasteiger partial charge on any atom is 0.269 e. The van der Waals surface area contributed by atoms with Crippen LogP contribution in [0.4, 0.5) is 5.69 Å². The highest BCUT2D eigenvalue weighted by atomic mass is 16.6. The number of carbonyl (C=O) groups is 1. The molecular weight excluding hydrogens is 504 g/mol. The van der Waals surface area contributed by atoms with Crippen LogP contribution < -0.4 is 14.8 Å². The summed E-state index contributed by atoms with van der Waals surface area (Å²) in [5.74, 6) is 1.38. The molecule has 206 valence electrons. The fraction of sp³-hybridized carbons (Fsp3) is 0.242. The minimum absolute atomic E-state index is 0.0295. The van der Waals surface area contributed by atoms with Crippen molar-refractivity contribution in [2.24, 2.45) is 0 Å². The summed E-state index contributed by atoms with van der Waals surface area (Å²) in [6.45, 7) is 4.96. The standard InChI is InChI=1S/C33H34N2O5/c1-24-29(12-8-13-32(24)27-9-4-3-5-10-27)23-39-31-19-16-28(11-6-7-20-34-25(2)36)33(21-31)40-22-26-14-17-30(18-15-26)35(37)38/h3-5,8-10,12-19,21H,6-7,11,20,22-23H2,1-2H3,(H,34,36). The number of carbonyl (C=O) groups excluding carboxylic acids is 1. The first-order valence-electron chi connectivity index (χ1n) is 13.4. The molecule has 40 heavy (non-hydrogen) atoms. The van der Waals surface area contributed by atoms with Gasteiger partial charge in [0.15, 0.2) is 0 Å². The first kappa shape index (κ1) is 28.4. The molecule has 1 amide bonds. The van der Waals surface area contributed by atoms with Gasteiger partial charge in [0.25, 0.3) is 5.69 Å². The third-order valence-electron chi connectivity index (χ3n) is 6.75. The summed E-state index contributed by atoms with van der Waals surface area (Å²) in [7, 11) is 0. The van der Waals surface area contributed by atoms with Crippen LogP contribution >= 0.6 is 0 Å². The molecule has 0 fully saturated rings. The smallest absolute Gasteiger partial charge is 0.269 e. The summed E-state index contributed by atoms with van der Waals surface area (Å²) in [5, 5.41) is 13.8. The normalized spacial score (nSPS) is 10.7. The molecule has 0 aliphatic heterocycles. The van der Waals surface area contributed by atoms with Crippen molar-refractivity contribution < 1.29 is 19.2 Å². The predicted octanol–water partition coefficient (Wildman–Crippen LogP) is 7.19. The Balaban J connectivity index is 1.47. The zero-order chi connectivity index (χ0) is 28.3. The Bertz CT molecular complexity index is 1440. The number of nitrogens with zero attached hydrogens (tertiary/aromatic N) is 1. The van der Waals surface area contributed by atoms with Crippen LogP contribution in [-0.4, -0.2) is 17.4 Å². The molecule has 0 saturated heterocycles. The Morgan fingerprint density at radius 3 is 2.35 bits per heavy atom. The fourth-order valence-electron chi connectivity index (χ4n) is 4.48. The molecular formula is C33H34N2O5. The lowest BCUT2D eigenvalue weighted by atomic mass is 9.97. The monoisotopic (exact) mass is 538 g/mol. The van der Waals surface area contributed by atoms with Gasteiger partial charge in [0.2, 0.25) is 5.91 Å². The number of rotatable bonds is 13. The highest BCUT2D eigenvalue weighted by molar-refractivity contribution is 5.72. The van der Waals surface area contributed by atoms with E-state index in [1.54, 1.807) is 12.1 Å². The van der Waals surface area contributed by atoms with Crippen LogP contribution in [0, 0.1) is 17.0 Å². The van der Waals surface area contributed by atoms with Crippen LogP contribution in [-0.2, 0) is 24.4 Å². The van der Waals surface area contributed by atoms with Gasteiger partial charge >= 0.3 is 0 Å². The fourth-order valence-corrected chi connectivity index (χ4v) is 4.48. The van der Waals surface area contributed by atoms with Gasteiger partial charge in [-0.25, -0.2) is 0 Å². The number of benzene rings is 4. The van der Waals surface area contributed by atoms with Gasteiger partial charge in [-0.05, 0) is 77.8 Å². The molecule has 4 rings (SSSR count). The third kappa shape index (κ3) is 7.93. The number of ether oxygens (including phenoxy) is 2. The van der Waals surface area contributed by atoms with Gasteiger partial charge in [0.1, 0.15) is 24.7 Å². The first-order valence-corrected chi connectivity index (χ1v) is 13.4. The minimum atomic E-state index is -0.415. The maximum atomic E-state index is 11.1. The molecule has 0 atom stereocenters. The van der Waals surface area contributed by atoms with Crippen molar-refractivity contribution in [3.05, 3.63) is 123 Å². The minimum Gasteiger partial charge on any atom is -0.489 e. The Morgan fingerprint density at radius 1 is 0.850 bits per heavy atom. The van der Waals surface area contributed by atoms with Crippen molar-refractivity contribution in [3.8, 4) is 22.6 Å². The molecule has 0 aliphatic rings. The highest BCUT2D eigenvalue weighted by Crippen LogP contribution is 2.30. The number of hydrogen-bond acceptors (Lipinski definition) is 5. The molecule has 0 unspecified atom stereocenters. The van der Waals surface area contributed by atoms with Crippen molar-refractivity contribution in [3.63, 3.8) is 0 Å². The topological polar surface area (TPSA) is 90.7 Å². The SMILES string of the molecule is CC(=O)NCCCCc1ccc(OCc2cccc(-c3ccccc3)c2C)cc1OCc1ccc([N+](=O)[O-])cc1.